The topological polar surface area (TPSA) is 49.8 Å². The summed E-state index contributed by atoms with van der Waals surface area (Å²) in [6, 6.07) is 10.6. The van der Waals surface area contributed by atoms with E-state index in [1.54, 1.807) is 0 Å². The standard InChI is InChI=1S/C19H27NO3/c1-19(18(21)22)10-6-11-20(14-19)13-17-16(9-5-12-23-17)15-7-3-2-4-8-15/h2-4,7-8,16-17H,5-6,9-14H2,1H3,(H,21,22). The van der Waals surface area contributed by atoms with Crippen LogP contribution in [-0.4, -0.2) is 48.3 Å². The third-order valence-electron chi connectivity index (χ3n) is 5.40. The van der Waals surface area contributed by atoms with E-state index in [0.29, 0.717) is 12.5 Å². The van der Waals surface area contributed by atoms with E-state index in [9.17, 15) is 9.90 Å². The molecule has 2 heterocycles. The maximum atomic E-state index is 11.5. The minimum absolute atomic E-state index is 0.169. The molecule has 0 radical (unpaired) electrons. The van der Waals surface area contributed by atoms with Gasteiger partial charge in [0, 0.05) is 25.6 Å². The van der Waals surface area contributed by atoms with Crippen LogP contribution in [0.25, 0.3) is 0 Å². The minimum atomic E-state index is -0.675. The Balaban J connectivity index is 1.69. The molecule has 2 fully saturated rings. The fraction of sp³-hybridized carbons (Fsp3) is 0.632. The number of carboxylic acids is 1. The van der Waals surface area contributed by atoms with Gasteiger partial charge in [0.15, 0.2) is 0 Å². The highest BCUT2D eigenvalue weighted by atomic mass is 16.5. The first-order chi connectivity index (χ1) is 11.1. The minimum Gasteiger partial charge on any atom is -0.481 e. The van der Waals surface area contributed by atoms with E-state index in [0.717, 1.165) is 45.4 Å². The van der Waals surface area contributed by atoms with Crippen LogP contribution in [0.3, 0.4) is 0 Å². The number of aliphatic carboxylic acids is 1. The molecule has 1 N–H and O–H groups in total. The van der Waals surface area contributed by atoms with Gasteiger partial charge in [-0.25, -0.2) is 0 Å². The van der Waals surface area contributed by atoms with Gasteiger partial charge in [0.25, 0.3) is 0 Å². The van der Waals surface area contributed by atoms with Gasteiger partial charge in [-0.1, -0.05) is 30.3 Å². The van der Waals surface area contributed by atoms with Crippen LogP contribution in [0.2, 0.25) is 0 Å². The second kappa shape index (κ2) is 7.02. The van der Waals surface area contributed by atoms with E-state index in [1.165, 1.54) is 5.56 Å². The summed E-state index contributed by atoms with van der Waals surface area (Å²) in [5.41, 5.74) is 0.727. The average molecular weight is 317 g/mol. The van der Waals surface area contributed by atoms with Gasteiger partial charge in [0.2, 0.25) is 0 Å². The quantitative estimate of drug-likeness (QED) is 0.927. The Kier molecular flexibility index (Phi) is 5.02. The number of rotatable bonds is 4. The lowest BCUT2D eigenvalue weighted by Crippen LogP contribution is -2.49. The van der Waals surface area contributed by atoms with Gasteiger partial charge in [-0.2, -0.15) is 0 Å². The van der Waals surface area contributed by atoms with Crippen LogP contribution in [0.15, 0.2) is 30.3 Å². The Hall–Kier alpha value is -1.39. The summed E-state index contributed by atoms with van der Waals surface area (Å²) < 4.78 is 6.09. The lowest BCUT2D eigenvalue weighted by molar-refractivity contribution is -0.152. The Bertz CT molecular complexity index is 533. The van der Waals surface area contributed by atoms with E-state index < -0.39 is 11.4 Å². The number of benzene rings is 1. The van der Waals surface area contributed by atoms with Gasteiger partial charge >= 0.3 is 5.97 Å². The summed E-state index contributed by atoms with van der Waals surface area (Å²) in [7, 11) is 0. The van der Waals surface area contributed by atoms with Crippen LogP contribution in [0, 0.1) is 5.41 Å². The summed E-state index contributed by atoms with van der Waals surface area (Å²) in [5.74, 6) is -0.255. The third kappa shape index (κ3) is 3.75. The molecule has 4 heteroatoms. The second-order valence-electron chi connectivity index (χ2n) is 7.27. The summed E-state index contributed by atoms with van der Waals surface area (Å²) in [6.07, 6.45) is 4.14. The first-order valence-corrected chi connectivity index (χ1v) is 8.71. The Morgan fingerprint density at radius 3 is 2.87 bits per heavy atom. The van der Waals surface area contributed by atoms with Crippen molar-refractivity contribution in [2.75, 3.05) is 26.2 Å². The van der Waals surface area contributed by atoms with Crippen LogP contribution in [0.1, 0.15) is 44.1 Å². The van der Waals surface area contributed by atoms with Crippen molar-refractivity contribution in [2.45, 2.75) is 44.6 Å². The predicted molar refractivity (Wildman–Crippen MR) is 89.6 cm³/mol. The van der Waals surface area contributed by atoms with Crippen LogP contribution in [-0.2, 0) is 9.53 Å². The van der Waals surface area contributed by atoms with Crippen molar-refractivity contribution in [2.24, 2.45) is 5.41 Å². The zero-order valence-corrected chi connectivity index (χ0v) is 13.9. The molecule has 0 aliphatic carbocycles. The Morgan fingerprint density at radius 2 is 2.13 bits per heavy atom. The van der Waals surface area contributed by atoms with E-state index in [1.807, 2.05) is 13.0 Å². The van der Waals surface area contributed by atoms with Crippen LogP contribution in [0.5, 0.6) is 0 Å². The highest BCUT2D eigenvalue weighted by Crippen LogP contribution is 2.34. The summed E-state index contributed by atoms with van der Waals surface area (Å²) >= 11 is 0. The van der Waals surface area contributed by atoms with Crippen molar-refractivity contribution >= 4 is 5.97 Å². The summed E-state index contributed by atoms with van der Waals surface area (Å²) in [4.78, 5) is 13.8. The van der Waals surface area contributed by atoms with Crippen molar-refractivity contribution in [1.29, 1.82) is 0 Å². The number of carbonyl (C=O) groups is 1. The third-order valence-corrected chi connectivity index (χ3v) is 5.40. The van der Waals surface area contributed by atoms with Crippen LogP contribution in [0.4, 0.5) is 0 Å². The molecule has 0 bridgehead atoms. The molecule has 23 heavy (non-hydrogen) atoms. The molecule has 3 unspecified atom stereocenters. The van der Waals surface area contributed by atoms with Gasteiger partial charge in [-0.3, -0.25) is 9.69 Å². The molecular weight excluding hydrogens is 290 g/mol. The number of likely N-dealkylation sites (tertiary alicyclic amines) is 1. The lowest BCUT2D eigenvalue weighted by Gasteiger charge is -2.41. The zero-order chi connectivity index (χ0) is 16.3. The lowest BCUT2D eigenvalue weighted by atomic mass is 9.81. The van der Waals surface area contributed by atoms with Gasteiger partial charge in [-0.05, 0) is 44.7 Å². The molecular formula is C19H27NO3. The Morgan fingerprint density at radius 1 is 1.35 bits per heavy atom. The molecule has 126 valence electrons. The van der Waals surface area contributed by atoms with Crippen molar-refractivity contribution in [3.8, 4) is 0 Å². The largest absolute Gasteiger partial charge is 0.481 e. The molecule has 4 nitrogen and oxygen atoms in total. The second-order valence-corrected chi connectivity index (χ2v) is 7.27. The number of nitrogens with zero attached hydrogens (tertiary/aromatic N) is 1. The molecule has 1 aromatic rings. The van der Waals surface area contributed by atoms with Crippen molar-refractivity contribution < 1.29 is 14.6 Å². The summed E-state index contributed by atoms with van der Waals surface area (Å²) in [5, 5.41) is 9.49. The molecule has 2 saturated heterocycles. The fourth-order valence-corrected chi connectivity index (χ4v) is 4.03. The van der Waals surface area contributed by atoms with E-state index in [2.05, 4.69) is 29.2 Å². The molecule has 2 aliphatic heterocycles. The van der Waals surface area contributed by atoms with Gasteiger partial charge < -0.3 is 9.84 Å². The first kappa shape index (κ1) is 16.5. The first-order valence-electron chi connectivity index (χ1n) is 8.71. The fourth-order valence-electron chi connectivity index (χ4n) is 4.03. The van der Waals surface area contributed by atoms with Gasteiger partial charge in [0.1, 0.15) is 0 Å². The van der Waals surface area contributed by atoms with Crippen molar-refractivity contribution in [3.63, 3.8) is 0 Å². The predicted octanol–water partition coefficient (Wildman–Crippen LogP) is 3.14. The maximum Gasteiger partial charge on any atom is 0.310 e. The number of hydrogen-bond donors (Lipinski definition) is 1. The smallest absolute Gasteiger partial charge is 0.310 e. The van der Waals surface area contributed by atoms with E-state index >= 15 is 0 Å². The molecule has 0 saturated carbocycles. The van der Waals surface area contributed by atoms with Crippen molar-refractivity contribution in [1.82, 2.24) is 4.90 Å². The highest BCUT2D eigenvalue weighted by molar-refractivity contribution is 5.74. The normalized spacial score (nSPS) is 32.6. The molecule has 1 aromatic carbocycles. The average Bonchev–Trinajstić information content (AvgIpc) is 2.56. The van der Waals surface area contributed by atoms with Crippen LogP contribution < -0.4 is 0 Å². The molecule has 3 rings (SSSR count). The molecule has 0 amide bonds. The number of ether oxygens (including phenoxy) is 1. The molecule has 0 spiro atoms. The van der Waals surface area contributed by atoms with Crippen molar-refractivity contribution in [3.05, 3.63) is 35.9 Å². The Labute approximate surface area is 138 Å². The highest BCUT2D eigenvalue weighted by Gasteiger charge is 2.39. The monoisotopic (exact) mass is 317 g/mol. The maximum absolute atomic E-state index is 11.5. The van der Waals surface area contributed by atoms with Gasteiger partial charge in [0.05, 0.1) is 11.5 Å². The molecule has 2 aliphatic rings. The van der Waals surface area contributed by atoms with Gasteiger partial charge in [-0.15, -0.1) is 0 Å². The number of carboxylic acid groups (broad SMARTS) is 1. The van der Waals surface area contributed by atoms with E-state index in [4.69, 9.17) is 4.74 Å². The zero-order valence-electron chi connectivity index (χ0n) is 13.9. The summed E-state index contributed by atoms with van der Waals surface area (Å²) in [6.45, 7) is 5.13. The SMILES string of the molecule is CC1(C(=O)O)CCCN(CC2OCCCC2c2ccccc2)C1. The van der Waals surface area contributed by atoms with E-state index in [-0.39, 0.29) is 6.10 Å². The molecule has 3 atom stereocenters. The number of piperidine rings is 1. The number of hydrogen-bond acceptors (Lipinski definition) is 3. The van der Waals surface area contributed by atoms with Crippen LogP contribution >= 0.6 is 0 Å². The molecule has 0 aromatic heterocycles.